The predicted molar refractivity (Wildman–Crippen MR) is 64.1 cm³/mol. The molecule has 4 nitrogen and oxygen atoms in total. The Hall–Kier alpha value is -1.51. The second-order valence-corrected chi connectivity index (χ2v) is 4.58. The molecule has 0 bridgehead atoms. The first kappa shape index (κ1) is 15.5. The lowest BCUT2D eigenvalue weighted by atomic mass is 10.3. The molecule has 1 heterocycles. The Kier molecular flexibility index (Phi) is 4.98. The number of ether oxygens (including phenoxy) is 1. The lowest BCUT2D eigenvalue weighted by Crippen LogP contribution is -2.34. The molecular weight excluding hydrogens is 288 g/mol. The van der Waals surface area contributed by atoms with Crippen LogP contribution in [0.25, 0.3) is 0 Å². The zero-order valence-corrected chi connectivity index (χ0v) is 10.7. The van der Waals surface area contributed by atoms with Crippen LogP contribution in [0.5, 0.6) is 0 Å². The molecule has 0 aromatic carbocycles. The molecule has 0 aliphatic carbocycles. The Labute approximate surface area is 110 Å². The molecule has 3 N–H and O–H groups in total. The number of thiophene rings is 1. The lowest BCUT2D eigenvalue weighted by molar-refractivity contribution is -0.117. The van der Waals surface area contributed by atoms with Crippen molar-refractivity contribution < 1.29 is 27.1 Å². The molecule has 0 fully saturated rings. The van der Waals surface area contributed by atoms with Gasteiger partial charge in [-0.05, 0) is 13.0 Å². The van der Waals surface area contributed by atoms with E-state index >= 15 is 0 Å². The van der Waals surface area contributed by atoms with Crippen molar-refractivity contribution in [2.24, 2.45) is 0 Å². The minimum atomic E-state index is -4.15. The van der Waals surface area contributed by atoms with E-state index in [1.807, 2.05) is 0 Å². The van der Waals surface area contributed by atoms with E-state index in [0.717, 1.165) is 11.3 Å². The summed E-state index contributed by atoms with van der Waals surface area (Å²) in [5.74, 6) is -4.83. The number of carbonyl (C=O) groups excluding carboxylic acids is 1. The molecule has 1 aromatic heterocycles. The van der Waals surface area contributed by atoms with Crippen LogP contribution in [0.4, 0.5) is 28.3 Å². The van der Waals surface area contributed by atoms with Gasteiger partial charge in [0.05, 0.1) is 23.8 Å². The summed E-state index contributed by atoms with van der Waals surface area (Å²) in [4.78, 5) is 11.4. The predicted octanol–water partition coefficient (Wildman–Crippen LogP) is 2.82. The minimum absolute atomic E-state index is 0.0460. The number of alkyl halides is 4. The van der Waals surface area contributed by atoms with Crippen LogP contribution in [0, 0.1) is 0 Å². The topological polar surface area (TPSA) is 64.3 Å². The third-order valence-corrected chi connectivity index (χ3v) is 3.13. The van der Waals surface area contributed by atoms with Crippen molar-refractivity contribution in [3.63, 3.8) is 0 Å². The molecule has 0 atom stereocenters. The second-order valence-electron chi connectivity index (χ2n) is 3.53. The molecule has 0 aliphatic rings. The fourth-order valence-electron chi connectivity index (χ4n) is 1.13. The molecule has 1 rings (SSSR count). The summed E-state index contributed by atoms with van der Waals surface area (Å²) in [6.45, 7) is 0.499. The van der Waals surface area contributed by atoms with Gasteiger partial charge in [0, 0.05) is 0 Å². The van der Waals surface area contributed by atoms with E-state index < -0.39 is 24.9 Å². The van der Waals surface area contributed by atoms with Crippen LogP contribution in [0.15, 0.2) is 6.07 Å². The van der Waals surface area contributed by atoms with E-state index in [2.05, 4.69) is 5.32 Å². The first-order chi connectivity index (χ1) is 8.77. The number of rotatable bonds is 6. The average Bonchev–Trinajstić information content (AvgIpc) is 2.68. The van der Waals surface area contributed by atoms with Gasteiger partial charge < -0.3 is 15.8 Å². The third-order valence-electron chi connectivity index (χ3n) is 2.04. The first-order valence-corrected chi connectivity index (χ1v) is 6.05. The highest BCUT2D eigenvalue weighted by molar-refractivity contribution is 7.18. The number of hydrogen-bond donors (Lipinski definition) is 2. The van der Waals surface area contributed by atoms with Gasteiger partial charge in [0.1, 0.15) is 4.88 Å². The van der Waals surface area contributed by atoms with Crippen molar-refractivity contribution >= 4 is 28.0 Å². The van der Waals surface area contributed by atoms with Gasteiger partial charge in [0.25, 0.3) is 0 Å². The zero-order valence-electron chi connectivity index (χ0n) is 9.88. The summed E-state index contributed by atoms with van der Waals surface area (Å²) in [6.07, 6.45) is -3.76. The van der Waals surface area contributed by atoms with Crippen LogP contribution in [-0.4, -0.2) is 31.5 Å². The molecule has 0 radical (unpaired) electrons. The number of nitrogens with two attached hydrogens (primary N) is 1. The fraction of sp³-hybridized carbons (Fsp3) is 0.500. The molecule has 108 valence electrons. The monoisotopic (exact) mass is 300 g/mol. The summed E-state index contributed by atoms with van der Waals surface area (Å²) >= 11 is 0.771. The summed E-state index contributed by atoms with van der Waals surface area (Å²) in [5.41, 5.74) is 5.55. The van der Waals surface area contributed by atoms with Crippen LogP contribution in [-0.2, 0) is 4.74 Å². The maximum absolute atomic E-state index is 12.7. The Morgan fingerprint density at radius 3 is 2.74 bits per heavy atom. The smallest absolute Gasteiger partial charge is 0.350 e. The number of nitrogen functional groups attached to an aromatic ring is 1. The third kappa shape index (κ3) is 3.98. The van der Waals surface area contributed by atoms with E-state index in [-0.39, 0.29) is 22.2 Å². The maximum atomic E-state index is 12.7. The molecule has 19 heavy (non-hydrogen) atoms. The van der Waals surface area contributed by atoms with E-state index in [4.69, 9.17) is 10.5 Å². The molecule has 0 unspecified atom stereocenters. The zero-order chi connectivity index (χ0) is 14.6. The van der Waals surface area contributed by atoms with Gasteiger partial charge in [0.2, 0.25) is 0 Å². The number of anilines is 2. The SMILES string of the molecule is CCOC(=O)c1sc(NCC(F)(F)C(F)F)cc1N. The van der Waals surface area contributed by atoms with Gasteiger partial charge in [-0.3, -0.25) is 0 Å². The van der Waals surface area contributed by atoms with E-state index in [1.54, 1.807) is 6.92 Å². The minimum Gasteiger partial charge on any atom is -0.462 e. The number of esters is 1. The van der Waals surface area contributed by atoms with Crippen molar-refractivity contribution in [3.8, 4) is 0 Å². The Bertz CT molecular complexity index is 451. The maximum Gasteiger partial charge on any atom is 0.350 e. The standard InChI is InChI=1S/C10H12F4N2O2S/c1-2-18-8(17)7-5(15)3-6(19-7)16-4-10(13,14)9(11)12/h3,9,16H,2,4,15H2,1H3. The molecule has 0 aliphatic heterocycles. The van der Waals surface area contributed by atoms with Crippen molar-refractivity contribution in [1.29, 1.82) is 0 Å². The molecule has 0 saturated carbocycles. The highest BCUT2D eigenvalue weighted by Crippen LogP contribution is 2.31. The number of carbonyl (C=O) groups is 1. The molecule has 0 amide bonds. The van der Waals surface area contributed by atoms with Crippen LogP contribution in [0.1, 0.15) is 16.6 Å². The Morgan fingerprint density at radius 2 is 2.21 bits per heavy atom. The summed E-state index contributed by atoms with van der Waals surface area (Å²) in [6, 6.07) is 1.22. The molecule has 0 spiro atoms. The van der Waals surface area contributed by atoms with Gasteiger partial charge in [-0.2, -0.15) is 8.78 Å². The van der Waals surface area contributed by atoms with Gasteiger partial charge in [-0.25, -0.2) is 13.6 Å². The van der Waals surface area contributed by atoms with Gasteiger partial charge >= 0.3 is 18.3 Å². The molecule has 1 aromatic rings. The largest absolute Gasteiger partial charge is 0.462 e. The van der Waals surface area contributed by atoms with Crippen LogP contribution >= 0.6 is 11.3 Å². The first-order valence-electron chi connectivity index (χ1n) is 5.24. The van der Waals surface area contributed by atoms with Crippen molar-refractivity contribution in [3.05, 3.63) is 10.9 Å². The van der Waals surface area contributed by atoms with Crippen molar-refractivity contribution in [2.45, 2.75) is 19.3 Å². The second kappa shape index (κ2) is 6.09. The van der Waals surface area contributed by atoms with Crippen LogP contribution < -0.4 is 11.1 Å². The quantitative estimate of drug-likeness (QED) is 0.626. The Morgan fingerprint density at radius 1 is 1.58 bits per heavy atom. The molecule has 9 heteroatoms. The highest BCUT2D eigenvalue weighted by Gasteiger charge is 2.40. The lowest BCUT2D eigenvalue weighted by Gasteiger charge is -2.15. The van der Waals surface area contributed by atoms with Crippen molar-refractivity contribution in [1.82, 2.24) is 0 Å². The Balaban J connectivity index is 2.72. The fourth-order valence-corrected chi connectivity index (χ4v) is 2.00. The molecule has 0 saturated heterocycles. The molecular formula is C10H12F4N2O2S. The van der Waals surface area contributed by atoms with Crippen molar-refractivity contribution in [2.75, 3.05) is 24.2 Å². The van der Waals surface area contributed by atoms with E-state index in [9.17, 15) is 22.4 Å². The van der Waals surface area contributed by atoms with Gasteiger partial charge in [-0.1, -0.05) is 0 Å². The number of nitrogens with one attached hydrogen (secondary N) is 1. The van der Waals surface area contributed by atoms with E-state index in [1.165, 1.54) is 6.07 Å². The summed E-state index contributed by atoms with van der Waals surface area (Å²) in [7, 11) is 0. The highest BCUT2D eigenvalue weighted by atomic mass is 32.1. The van der Waals surface area contributed by atoms with Gasteiger partial charge in [-0.15, -0.1) is 11.3 Å². The normalized spacial score (nSPS) is 11.7. The van der Waals surface area contributed by atoms with Gasteiger partial charge in [0.15, 0.2) is 0 Å². The van der Waals surface area contributed by atoms with Crippen LogP contribution in [0.2, 0.25) is 0 Å². The summed E-state index contributed by atoms with van der Waals surface area (Å²) in [5, 5.41) is 2.22. The number of hydrogen-bond acceptors (Lipinski definition) is 5. The number of halogens is 4. The average molecular weight is 300 g/mol. The van der Waals surface area contributed by atoms with E-state index in [0.29, 0.717) is 0 Å². The van der Waals surface area contributed by atoms with Crippen LogP contribution in [0.3, 0.4) is 0 Å². The summed E-state index contributed by atoms with van der Waals surface area (Å²) < 4.78 is 54.0.